The Morgan fingerprint density at radius 1 is 1.47 bits per heavy atom. The molecular weight excluding hydrogens is 236 g/mol. The summed E-state index contributed by atoms with van der Waals surface area (Å²) in [6.45, 7) is 4.20. The largest absolute Gasteiger partial charge is 0.430 e. The van der Waals surface area contributed by atoms with Crippen molar-refractivity contribution >= 4 is 27.6 Å². The fourth-order valence-corrected chi connectivity index (χ4v) is 2.69. The van der Waals surface area contributed by atoms with E-state index in [4.69, 9.17) is 10.2 Å². The van der Waals surface area contributed by atoms with Crippen molar-refractivity contribution in [2.75, 3.05) is 11.5 Å². The summed E-state index contributed by atoms with van der Waals surface area (Å²) in [5, 5.41) is 0.297. The lowest BCUT2D eigenvalue weighted by atomic mass is 10.2. The molecule has 0 aliphatic heterocycles. The van der Waals surface area contributed by atoms with E-state index in [0.717, 1.165) is 6.42 Å². The molecule has 0 amide bonds. The lowest BCUT2D eigenvalue weighted by Crippen LogP contribution is -2.01. The smallest absolute Gasteiger partial charge is 0.287 e. The molecular formula is C12H16N2O2S. The van der Waals surface area contributed by atoms with Gasteiger partial charge in [-0.25, -0.2) is 9.19 Å². The number of oxazole rings is 1. The van der Waals surface area contributed by atoms with Crippen LogP contribution in [-0.2, 0) is 10.8 Å². The minimum atomic E-state index is -1.16. The van der Waals surface area contributed by atoms with E-state index in [0.29, 0.717) is 33.7 Å². The fraction of sp³-hybridized carbons (Fsp3) is 0.417. The van der Waals surface area contributed by atoms with E-state index in [2.05, 4.69) is 18.8 Å². The first-order valence-corrected chi connectivity index (χ1v) is 6.92. The number of aromatic nitrogens is 1. The van der Waals surface area contributed by atoms with Gasteiger partial charge in [0.25, 0.3) is 5.22 Å². The molecule has 5 heteroatoms. The van der Waals surface area contributed by atoms with Crippen LogP contribution in [0.15, 0.2) is 27.8 Å². The van der Waals surface area contributed by atoms with Crippen LogP contribution in [0.25, 0.3) is 11.1 Å². The van der Waals surface area contributed by atoms with Crippen LogP contribution in [0.1, 0.15) is 20.3 Å². The van der Waals surface area contributed by atoms with Crippen molar-refractivity contribution < 1.29 is 8.63 Å². The third-order valence-corrected chi connectivity index (χ3v) is 3.64. The third-order valence-electron chi connectivity index (χ3n) is 2.47. The molecule has 1 unspecified atom stereocenters. The van der Waals surface area contributed by atoms with Gasteiger partial charge in [-0.3, -0.25) is 0 Å². The van der Waals surface area contributed by atoms with Gasteiger partial charge in [0, 0.05) is 11.4 Å². The number of nitrogens with zero attached hydrogens (tertiary/aromatic N) is 1. The first-order chi connectivity index (χ1) is 8.06. The highest BCUT2D eigenvalue weighted by molar-refractivity contribution is 7.84. The number of fused-ring (bicyclic) bond motifs is 1. The van der Waals surface area contributed by atoms with Gasteiger partial charge in [0.2, 0.25) is 0 Å². The molecule has 0 fully saturated rings. The summed E-state index contributed by atoms with van der Waals surface area (Å²) < 4.78 is 17.4. The van der Waals surface area contributed by atoms with Crippen molar-refractivity contribution in [2.45, 2.75) is 25.5 Å². The van der Waals surface area contributed by atoms with Crippen molar-refractivity contribution in [3.63, 3.8) is 0 Å². The van der Waals surface area contributed by atoms with E-state index >= 15 is 0 Å². The Kier molecular flexibility index (Phi) is 3.47. The van der Waals surface area contributed by atoms with Gasteiger partial charge >= 0.3 is 0 Å². The molecule has 1 aromatic heterocycles. The van der Waals surface area contributed by atoms with Crippen LogP contribution in [0.3, 0.4) is 0 Å². The molecule has 1 heterocycles. The SMILES string of the molecule is CC(C)CCS(=O)c1nc2cc(N)ccc2o1. The summed E-state index contributed by atoms with van der Waals surface area (Å²) in [7, 11) is -1.16. The van der Waals surface area contributed by atoms with Gasteiger partial charge in [-0.15, -0.1) is 0 Å². The van der Waals surface area contributed by atoms with Gasteiger partial charge in [0.05, 0.1) is 0 Å². The van der Waals surface area contributed by atoms with Gasteiger partial charge in [0.15, 0.2) is 5.58 Å². The molecule has 0 aliphatic rings. The molecule has 0 bridgehead atoms. The van der Waals surface area contributed by atoms with E-state index in [-0.39, 0.29) is 0 Å². The summed E-state index contributed by atoms with van der Waals surface area (Å²) >= 11 is 0. The zero-order chi connectivity index (χ0) is 12.4. The normalized spacial score (nSPS) is 13.4. The van der Waals surface area contributed by atoms with Crippen molar-refractivity contribution in [3.8, 4) is 0 Å². The molecule has 2 rings (SSSR count). The minimum Gasteiger partial charge on any atom is -0.430 e. The van der Waals surface area contributed by atoms with Crippen LogP contribution in [-0.4, -0.2) is 14.9 Å². The second kappa shape index (κ2) is 4.87. The number of nitrogen functional groups attached to an aromatic ring is 1. The zero-order valence-corrected chi connectivity index (χ0v) is 10.8. The van der Waals surface area contributed by atoms with E-state index in [1.807, 2.05) is 0 Å². The second-order valence-corrected chi connectivity index (χ2v) is 5.89. The lowest BCUT2D eigenvalue weighted by Gasteiger charge is -2.00. The van der Waals surface area contributed by atoms with E-state index in [9.17, 15) is 4.21 Å². The Morgan fingerprint density at radius 2 is 2.24 bits per heavy atom. The average molecular weight is 252 g/mol. The first-order valence-electron chi connectivity index (χ1n) is 5.60. The van der Waals surface area contributed by atoms with E-state index in [1.165, 1.54) is 0 Å². The molecule has 92 valence electrons. The summed E-state index contributed by atoms with van der Waals surface area (Å²) in [6.07, 6.45) is 0.896. The van der Waals surface area contributed by atoms with Gasteiger partial charge in [-0.2, -0.15) is 0 Å². The number of anilines is 1. The molecule has 2 N–H and O–H groups in total. The Labute approximate surface area is 103 Å². The fourth-order valence-electron chi connectivity index (χ4n) is 1.45. The molecule has 0 saturated heterocycles. The Balaban J connectivity index is 2.21. The zero-order valence-electron chi connectivity index (χ0n) is 9.97. The minimum absolute atomic E-state index is 0.297. The van der Waals surface area contributed by atoms with Gasteiger partial charge in [-0.05, 0) is 30.5 Å². The summed E-state index contributed by atoms with van der Waals surface area (Å²) in [4.78, 5) is 4.20. The van der Waals surface area contributed by atoms with Crippen LogP contribution in [0, 0.1) is 5.92 Å². The molecule has 0 spiro atoms. The molecule has 0 radical (unpaired) electrons. The topological polar surface area (TPSA) is 69.1 Å². The molecule has 1 aromatic carbocycles. The summed E-state index contributed by atoms with van der Waals surface area (Å²) in [6, 6.07) is 5.22. The van der Waals surface area contributed by atoms with E-state index in [1.54, 1.807) is 18.2 Å². The Morgan fingerprint density at radius 3 is 2.94 bits per heavy atom. The Hall–Kier alpha value is -1.36. The summed E-state index contributed by atoms with van der Waals surface area (Å²) in [5.41, 5.74) is 7.58. The highest BCUT2D eigenvalue weighted by Crippen LogP contribution is 2.20. The van der Waals surface area contributed by atoms with Crippen molar-refractivity contribution in [1.29, 1.82) is 0 Å². The molecule has 17 heavy (non-hydrogen) atoms. The van der Waals surface area contributed by atoms with Crippen LogP contribution >= 0.6 is 0 Å². The van der Waals surface area contributed by atoms with Gasteiger partial charge in [0.1, 0.15) is 16.3 Å². The number of hydrogen-bond donors (Lipinski definition) is 1. The number of hydrogen-bond acceptors (Lipinski definition) is 4. The first kappa shape index (κ1) is 12.1. The van der Waals surface area contributed by atoms with Crippen LogP contribution in [0.4, 0.5) is 5.69 Å². The van der Waals surface area contributed by atoms with E-state index < -0.39 is 10.8 Å². The quantitative estimate of drug-likeness (QED) is 0.849. The van der Waals surface area contributed by atoms with Crippen molar-refractivity contribution in [2.24, 2.45) is 5.92 Å². The maximum absolute atomic E-state index is 11.9. The molecule has 0 saturated carbocycles. The summed E-state index contributed by atoms with van der Waals surface area (Å²) in [5.74, 6) is 1.11. The number of benzene rings is 1. The maximum Gasteiger partial charge on any atom is 0.287 e. The second-order valence-electron chi connectivity index (χ2n) is 4.44. The van der Waals surface area contributed by atoms with Crippen LogP contribution < -0.4 is 5.73 Å². The van der Waals surface area contributed by atoms with Crippen molar-refractivity contribution in [3.05, 3.63) is 18.2 Å². The Bertz CT molecular complexity index is 548. The average Bonchev–Trinajstić information content (AvgIpc) is 2.68. The molecule has 1 atom stereocenters. The highest BCUT2D eigenvalue weighted by Gasteiger charge is 2.13. The van der Waals surface area contributed by atoms with Crippen LogP contribution in [0.5, 0.6) is 0 Å². The number of rotatable bonds is 4. The van der Waals surface area contributed by atoms with Gasteiger partial charge < -0.3 is 10.2 Å². The van der Waals surface area contributed by atoms with Crippen LogP contribution in [0.2, 0.25) is 0 Å². The predicted octanol–water partition coefficient (Wildman–Crippen LogP) is 2.56. The molecule has 2 aromatic rings. The van der Waals surface area contributed by atoms with Crippen molar-refractivity contribution in [1.82, 2.24) is 4.98 Å². The predicted molar refractivity (Wildman–Crippen MR) is 69.2 cm³/mol. The standard InChI is InChI=1S/C12H16N2O2S/c1-8(2)5-6-17(15)12-14-10-7-9(13)3-4-11(10)16-12/h3-4,7-8H,5-6,13H2,1-2H3. The molecule has 4 nitrogen and oxygen atoms in total. The third kappa shape index (κ3) is 2.85. The van der Waals surface area contributed by atoms with Gasteiger partial charge in [-0.1, -0.05) is 13.8 Å². The lowest BCUT2D eigenvalue weighted by molar-refractivity contribution is 0.476. The maximum atomic E-state index is 11.9. The number of nitrogens with two attached hydrogens (primary N) is 1. The molecule has 0 aliphatic carbocycles. The highest BCUT2D eigenvalue weighted by atomic mass is 32.2. The monoisotopic (exact) mass is 252 g/mol.